The Morgan fingerprint density at radius 3 is 2.05 bits per heavy atom. The summed E-state index contributed by atoms with van der Waals surface area (Å²) in [5.41, 5.74) is -0.364. The van der Waals surface area contributed by atoms with Crippen molar-refractivity contribution in [1.82, 2.24) is 4.90 Å². The first-order valence-corrected chi connectivity index (χ1v) is 7.67. The molecule has 0 saturated heterocycles. The molecule has 114 valence electrons. The molecule has 0 aromatic carbocycles. The molecular weight excluding hydrogens is 238 g/mol. The summed E-state index contributed by atoms with van der Waals surface area (Å²) in [6, 6.07) is 0. The molecule has 0 bridgehead atoms. The van der Waals surface area contributed by atoms with E-state index in [2.05, 4.69) is 46.4 Å². The summed E-state index contributed by atoms with van der Waals surface area (Å²) >= 11 is 0. The van der Waals surface area contributed by atoms with Crippen molar-refractivity contribution in [3.05, 3.63) is 0 Å². The lowest BCUT2D eigenvalue weighted by Gasteiger charge is -2.33. The van der Waals surface area contributed by atoms with E-state index in [-0.39, 0.29) is 11.4 Å². The Balaban J connectivity index is 4.42. The summed E-state index contributed by atoms with van der Waals surface area (Å²) < 4.78 is 5.52. The number of nitrogens with zero attached hydrogens (tertiary/aromatic N) is 1. The van der Waals surface area contributed by atoms with Crippen molar-refractivity contribution in [2.45, 2.75) is 54.9 Å². The van der Waals surface area contributed by atoms with Crippen molar-refractivity contribution in [2.24, 2.45) is 17.3 Å². The highest BCUT2D eigenvalue weighted by molar-refractivity contribution is 5.76. The summed E-state index contributed by atoms with van der Waals surface area (Å²) in [5, 5.41) is 0. The molecule has 1 unspecified atom stereocenters. The molecule has 1 atom stereocenters. The minimum atomic E-state index is -0.364. The Labute approximate surface area is 119 Å². The first-order valence-electron chi connectivity index (χ1n) is 7.67. The van der Waals surface area contributed by atoms with Crippen LogP contribution >= 0.6 is 0 Å². The number of ether oxygens (including phenoxy) is 1. The molecule has 0 rings (SSSR count). The molecule has 0 aromatic rings. The Morgan fingerprint density at radius 2 is 1.68 bits per heavy atom. The third-order valence-corrected chi connectivity index (χ3v) is 4.11. The molecule has 19 heavy (non-hydrogen) atoms. The van der Waals surface area contributed by atoms with Crippen molar-refractivity contribution in [2.75, 3.05) is 26.2 Å². The summed E-state index contributed by atoms with van der Waals surface area (Å²) in [6.45, 7) is 18.1. The first-order chi connectivity index (χ1) is 8.77. The maximum absolute atomic E-state index is 12.4. The fourth-order valence-corrected chi connectivity index (χ4v) is 2.37. The second-order valence-electron chi connectivity index (χ2n) is 6.33. The molecule has 3 heteroatoms. The van der Waals surface area contributed by atoms with E-state index in [1.165, 1.54) is 0 Å². The Hall–Kier alpha value is -0.570. The zero-order valence-electron chi connectivity index (χ0n) is 14.0. The second kappa shape index (κ2) is 8.57. The number of carbonyl (C=O) groups excluding carboxylic acids is 1. The van der Waals surface area contributed by atoms with E-state index in [9.17, 15) is 4.79 Å². The van der Waals surface area contributed by atoms with Gasteiger partial charge in [0.1, 0.15) is 6.61 Å². The number of carbonyl (C=O) groups is 1. The number of likely N-dealkylation sites (N-methyl/N-ethyl adjacent to an activating group) is 1. The van der Waals surface area contributed by atoms with Gasteiger partial charge in [-0.15, -0.1) is 0 Å². The van der Waals surface area contributed by atoms with Gasteiger partial charge in [0.05, 0.1) is 5.41 Å². The van der Waals surface area contributed by atoms with Gasteiger partial charge in [0.15, 0.2) is 0 Å². The van der Waals surface area contributed by atoms with Crippen LogP contribution in [0.1, 0.15) is 54.9 Å². The highest BCUT2D eigenvalue weighted by Crippen LogP contribution is 2.35. The van der Waals surface area contributed by atoms with Gasteiger partial charge in [-0.25, -0.2) is 0 Å². The quantitative estimate of drug-likeness (QED) is 0.600. The molecule has 0 aromatic heterocycles. The van der Waals surface area contributed by atoms with Crippen LogP contribution in [0.5, 0.6) is 0 Å². The lowest BCUT2D eigenvalue weighted by molar-refractivity contribution is -0.159. The van der Waals surface area contributed by atoms with E-state index in [1.54, 1.807) is 0 Å². The van der Waals surface area contributed by atoms with Gasteiger partial charge in [-0.1, -0.05) is 41.5 Å². The van der Waals surface area contributed by atoms with Gasteiger partial charge in [0.2, 0.25) is 0 Å². The van der Waals surface area contributed by atoms with Crippen LogP contribution in [0.2, 0.25) is 0 Å². The molecule has 0 amide bonds. The van der Waals surface area contributed by atoms with Gasteiger partial charge in [-0.3, -0.25) is 4.79 Å². The third-order valence-electron chi connectivity index (χ3n) is 4.11. The van der Waals surface area contributed by atoms with Gasteiger partial charge in [-0.2, -0.15) is 0 Å². The molecular formula is C16H33NO2. The standard InChI is InChI=1S/C16H33NO2/c1-8-17(9-2)10-11-19-15(18)16(7,14(5)6)12-13(3)4/h13-14H,8-12H2,1-7H3. The summed E-state index contributed by atoms with van der Waals surface area (Å²) in [7, 11) is 0. The number of rotatable bonds is 9. The average Bonchev–Trinajstić information content (AvgIpc) is 2.33. The minimum absolute atomic E-state index is 0.0386. The molecule has 0 heterocycles. The summed E-state index contributed by atoms with van der Waals surface area (Å²) in [6.07, 6.45) is 0.884. The number of esters is 1. The lowest BCUT2D eigenvalue weighted by atomic mass is 9.73. The van der Waals surface area contributed by atoms with Gasteiger partial charge in [0, 0.05) is 6.54 Å². The van der Waals surface area contributed by atoms with Crippen LogP contribution in [0.3, 0.4) is 0 Å². The third kappa shape index (κ3) is 5.94. The largest absolute Gasteiger partial charge is 0.464 e. The first kappa shape index (κ1) is 18.4. The van der Waals surface area contributed by atoms with E-state index in [0.29, 0.717) is 18.4 Å². The van der Waals surface area contributed by atoms with Crippen LogP contribution in [-0.2, 0) is 9.53 Å². The van der Waals surface area contributed by atoms with Crippen molar-refractivity contribution < 1.29 is 9.53 Å². The molecule has 0 saturated carbocycles. The monoisotopic (exact) mass is 271 g/mol. The fraction of sp³-hybridized carbons (Fsp3) is 0.938. The topological polar surface area (TPSA) is 29.5 Å². The molecule has 0 N–H and O–H groups in total. The number of hydrogen-bond donors (Lipinski definition) is 0. The smallest absolute Gasteiger partial charge is 0.312 e. The highest BCUT2D eigenvalue weighted by atomic mass is 16.5. The Bertz CT molecular complexity index is 259. The van der Waals surface area contributed by atoms with E-state index < -0.39 is 0 Å². The fourth-order valence-electron chi connectivity index (χ4n) is 2.37. The molecule has 0 aliphatic heterocycles. The van der Waals surface area contributed by atoms with Crippen molar-refractivity contribution >= 4 is 5.97 Å². The number of hydrogen-bond acceptors (Lipinski definition) is 3. The van der Waals surface area contributed by atoms with E-state index in [4.69, 9.17) is 4.74 Å². The highest BCUT2D eigenvalue weighted by Gasteiger charge is 2.38. The normalized spacial score (nSPS) is 15.1. The zero-order chi connectivity index (χ0) is 15.1. The van der Waals surface area contributed by atoms with Crippen LogP contribution in [0.15, 0.2) is 0 Å². The van der Waals surface area contributed by atoms with E-state index in [1.807, 2.05) is 6.92 Å². The molecule has 0 fully saturated rings. The summed E-state index contributed by atoms with van der Waals surface area (Å²) in [4.78, 5) is 14.6. The van der Waals surface area contributed by atoms with Crippen LogP contribution < -0.4 is 0 Å². The van der Waals surface area contributed by atoms with Gasteiger partial charge >= 0.3 is 5.97 Å². The SMILES string of the molecule is CCN(CC)CCOC(=O)C(C)(CC(C)C)C(C)C. The maximum Gasteiger partial charge on any atom is 0.312 e. The van der Waals surface area contributed by atoms with Crippen LogP contribution in [0.4, 0.5) is 0 Å². The maximum atomic E-state index is 12.4. The van der Waals surface area contributed by atoms with E-state index in [0.717, 1.165) is 26.1 Å². The van der Waals surface area contributed by atoms with Crippen LogP contribution in [-0.4, -0.2) is 37.1 Å². The Kier molecular flexibility index (Phi) is 8.31. The Morgan fingerprint density at radius 1 is 1.16 bits per heavy atom. The molecule has 0 aliphatic carbocycles. The zero-order valence-corrected chi connectivity index (χ0v) is 14.0. The van der Waals surface area contributed by atoms with E-state index >= 15 is 0 Å². The minimum Gasteiger partial charge on any atom is -0.464 e. The van der Waals surface area contributed by atoms with Crippen LogP contribution in [0.25, 0.3) is 0 Å². The average molecular weight is 271 g/mol. The predicted molar refractivity (Wildman–Crippen MR) is 81.1 cm³/mol. The molecule has 0 aliphatic rings. The lowest BCUT2D eigenvalue weighted by Crippen LogP contribution is -2.38. The van der Waals surface area contributed by atoms with Gasteiger partial charge in [0.25, 0.3) is 0 Å². The van der Waals surface area contributed by atoms with Crippen molar-refractivity contribution in [3.8, 4) is 0 Å². The van der Waals surface area contributed by atoms with Crippen LogP contribution in [0, 0.1) is 17.3 Å². The molecule has 0 spiro atoms. The molecule has 0 radical (unpaired) electrons. The van der Waals surface area contributed by atoms with Gasteiger partial charge in [-0.05, 0) is 38.3 Å². The van der Waals surface area contributed by atoms with Crippen molar-refractivity contribution in [3.63, 3.8) is 0 Å². The van der Waals surface area contributed by atoms with Gasteiger partial charge < -0.3 is 9.64 Å². The second-order valence-corrected chi connectivity index (χ2v) is 6.33. The van der Waals surface area contributed by atoms with Crippen molar-refractivity contribution in [1.29, 1.82) is 0 Å². The molecule has 3 nitrogen and oxygen atoms in total. The summed E-state index contributed by atoms with van der Waals surface area (Å²) in [5.74, 6) is 0.766. The predicted octanol–water partition coefficient (Wildman–Crippen LogP) is 3.58.